The van der Waals surface area contributed by atoms with Crippen LogP contribution in [0.15, 0.2) is 24.3 Å². The summed E-state index contributed by atoms with van der Waals surface area (Å²) >= 11 is 0. The van der Waals surface area contributed by atoms with Crippen molar-refractivity contribution in [1.29, 1.82) is 0 Å². The normalized spacial score (nSPS) is 12.4. The molecule has 0 aliphatic heterocycles. The van der Waals surface area contributed by atoms with Crippen LogP contribution in [0.5, 0.6) is 17.2 Å². The Morgan fingerprint density at radius 1 is 1.33 bits per heavy atom. The summed E-state index contributed by atoms with van der Waals surface area (Å²) in [5.74, 6) is -1.27. The predicted octanol–water partition coefficient (Wildman–Crippen LogP) is 1.77. The minimum atomic E-state index is -0.537. The molecule has 1 atom stereocenters. The third-order valence-electron chi connectivity index (χ3n) is 2.13. The van der Waals surface area contributed by atoms with E-state index in [4.69, 9.17) is 10.8 Å². The fourth-order valence-corrected chi connectivity index (χ4v) is 1.37. The summed E-state index contributed by atoms with van der Waals surface area (Å²) in [6, 6.07) is 2.34. The highest BCUT2D eigenvalue weighted by Gasteiger charge is 2.16. The van der Waals surface area contributed by atoms with E-state index in [1.807, 2.05) is 6.92 Å². The molecule has 0 aromatic heterocycles. The summed E-state index contributed by atoms with van der Waals surface area (Å²) in [6.45, 7) is 5.55. The molecule has 1 aromatic rings. The third kappa shape index (κ3) is 2.41. The maximum absolute atomic E-state index is 9.54. The molecule has 5 N–H and O–H groups in total. The Morgan fingerprint density at radius 3 is 2.47 bits per heavy atom. The molecule has 1 aromatic carbocycles. The average molecular weight is 209 g/mol. The highest BCUT2D eigenvalue weighted by atomic mass is 16.3. The van der Waals surface area contributed by atoms with Gasteiger partial charge in [0.2, 0.25) is 5.75 Å². The van der Waals surface area contributed by atoms with Crippen LogP contribution in [0.2, 0.25) is 0 Å². The number of phenols is 3. The predicted molar refractivity (Wildman–Crippen MR) is 57.8 cm³/mol. The largest absolute Gasteiger partial charge is 0.504 e. The molecule has 1 rings (SSSR count). The van der Waals surface area contributed by atoms with Crippen LogP contribution in [0.3, 0.4) is 0 Å². The van der Waals surface area contributed by atoms with Crippen molar-refractivity contribution in [2.75, 3.05) is 0 Å². The van der Waals surface area contributed by atoms with Gasteiger partial charge in [-0.1, -0.05) is 5.57 Å². The summed E-state index contributed by atoms with van der Waals surface area (Å²) in [6.07, 6.45) is 0.512. The zero-order chi connectivity index (χ0) is 11.6. The molecule has 0 bridgehead atoms. The zero-order valence-corrected chi connectivity index (χ0v) is 8.57. The standard InChI is InChI=1S/C11H15NO3/c1-6(2)5-8(12)7-3-4-9(13)11(15)10(7)14/h3-4,8,13-15H,1,5,12H2,2H3/t8-/m1/s1. The first kappa shape index (κ1) is 11.4. The molecule has 0 saturated heterocycles. The molecule has 0 aliphatic carbocycles. The first-order valence-corrected chi connectivity index (χ1v) is 4.57. The first-order valence-electron chi connectivity index (χ1n) is 4.57. The van der Waals surface area contributed by atoms with Crippen molar-refractivity contribution in [3.8, 4) is 17.2 Å². The van der Waals surface area contributed by atoms with Crippen molar-refractivity contribution in [2.45, 2.75) is 19.4 Å². The Labute approximate surface area is 88.3 Å². The van der Waals surface area contributed by atoms with E-state index in [1.165, 1.54) is 12.1 Å². The van der Waals surface area contributed by atoms with Crippen LogP contribution in [0.1, 0.15) is 24.9 Å². The van der Waals surface area contributed by atoms with Crippen LogP contribution >= 0.6 is 0 Å². The maximum Gasteiger partial charge on any atom is 0.200 e. The Balaban J connectivity index is 3.05. The van der Waals surface area contributed by atoms with E-state index in [0.717, 1.165) is 5.57 Å². The van der Waals surface area contributed by atoms with Crippen LogP contribution < -0.4 is 5.73 Å². The van der Waals surface area contributed by atoms with Gasteiger partial charge in [-0.3, -0.25) is 0 Å². The van der Waals surface area contributed by atoms with Crippen molar-refractivity contribution < 1.29 is 15.3 Å². The Hall–Kier alpha value is -1.68. The number of rotatable bonds is 3. The second-order valence-electron chi connectivity index (χ2n) is 3.64. The van der Waals surface area contributed by atoms with Gasteiger partial charge in [0.15, 0.2) is 11.5 Å². The fourth-order valence-electron chi connectivity index (χ4n) is 1.37. The maximum atomic E-state index is 9.54. The van der Waals surface area contributed by atoms with Crippen LogP contribution in [-0.2, 0) is 0 Å². The molecule has 0 radical (unpaired) electrons. The van der Waals surface area contributed by atoms with Crippen LogP contribution in [0.4, 0.5) is 0 Å². The number of aromatic hydroxyl groups is 3. The molecular formula is C11H15NO3. The van der Waals surface area contributed by atoms with Crippen molar-refractivity contribution in [2.24, 2.45) is 5.73 Å². The molecule has 0 unspecified atom stereocenters. The van der Waals surface area contributed by atoms with E-state index < -0.39 is 11.8 Å². The van der Waals surface area contributed by atoms with Gasteiger partial charge in [0.1, 0.15) is 0 Å². The van der Waals surface area contributed by atoms with Crippen LogP contribution in [0, 0.1) is 0 Å². The highest BCUT2D eigenvalue weighted by Crippen LogP contribution is 2.40. The number of nitrogens with two attached hydrogens (primary N) is 1. The third-order valence-corrected chi connectivity index (χ3v) is 2.13. The monoisotopic (exact) mass is 209 g/mol. The number of hydrogen-bond acceptors (Lipinski definition) is 4. The molecule has 15 heavy (non-hydrogen) atoms. The Kier molecular flexibility index (Phi) is 3.21. The second kappa shape index (κ2) is 4.23. The lowest BCUT2D eigenvalue weighted by atomic mass is 10.00. The van der Waals surface area contributed by atoms with E-state index in [2.05, 4.69) is 6.58 Å². The molecule has 0 heterocycles. The van der Waals surface area contributed by atoms with Crippen molar-refractivity contribution in [1.82, 2.24) is 0 Å². The van der Waals surface area contributed by atoms with Gasteiger partial charge in [-0.2, -0.15) is 0 Å². The van der Waals surface area contributed by atoms with Crippen molar-refractivity contribution >= 4 is 0 Å². The van der Waals surface area contributed by atoms with E-state index in [9.17, 15) is 10.2 Å². The summed E-state index contributed by atoms with van der Waals surface area (Å²) in [5.41, 5.74) is 7.08. The van der Waals surface area contributed by atoms with Gasteiger partial charge in [0, 0.05) is 11.6 Å². The van der Waals surface area contributed by atoms with E-state index in [1.54, 1.807) is 0 Å². The zero-order valence-electron chi connectivity index (χ0n) is 8.57. The summed E-state index contributed by atoms with van der Waals surface area (Å²) in [7, 11) is 0. The fraction of sp³-hybridized carbons (Fsp3) is 0.273. The molecule has 4 nitrogen and oxygen atoms in total. The Bertz CT molecular complexity index is 388. The lowest BCUT2D eigenvalue weighted by Gasteiger charge is -2.14. The summed E-state index contributed by atoms with van der Waals surface area (Å²) in [5, 5.41) is 28.0. The molecule has 0 spiro atoms. The molecule has 82 valence electrons. The second-order valence-corrected chi connectivity index (χ2v) is 3.64. The van der Waals surface area contributed by atoms with E-state index in [0.29, 0.717) is 12.0 Å². The van der Waals surface area contributed by atoms with E-state index in [-0.39, 0.29) is 11.5 Å². The number of phenolic OH excluding ortho intramolecular Hbond substituents is 3. The minimum absolute atomic E-state index is 0.362. The van der Waals surface area contributed by atoms with Crippen molar-refractivity contribution in [3.05, 3.63) is 29.8 Å². The van der Waals surface area contributed by atoms with Gasteiger partial charge in [-0.15, -0.1) is 6.58 Å². The quantitative estimate of drug-likeness (QED) is 0.451. The SMILES string of the molecule is C=C(C)C[C@@H](N)c1ccc(O)c(O)c1O. The highest BCUT2D eigenvalue weighted by molar-refractivity contribution is 5.54. The molecule has 0 aliphatic rings. The van der Waals surface area contributed by atoms with Gasteiger partial charge in [0.05, 0.1) is 0 Å². The Morgan fingerprint density at radius 2 is 1.93 bits per heavy atom. The molecular weight excluding hydrogens is 194 g/mol. The van der Waals surface area contributed by atoms with Crippen LogP contribution in [0.25, 0.3) is 0 Å². The number of hydrogen-bond donors (Lipinski definition) is 4. The van der Waals surface area contributed by atoms with Gasteiger partial charge in [-0.25, -0.2) is 0 Å². The van der Waals surface area contributed by atoms with Gasteiger partial charge in [0.25, 0.3) is 0 Å². The lowest BCUT2D eigenvalue weighted by molar-refractivity contribution is 0.363. The topological polar surface area (TPSA) is 86.7 Å². The number of benzene rings is 1. The lowest BCUT2D eigenvalue weighted by Crippen LogP contribution is -2.10. The smallest absolute Gasteiger partial charge is 0.200 e. The van der Waals surface area contributed by atoms with Gasteiger partial charge in [-0.05, 0) is 25.5 Å². The summed E-state index contributed by atoms with van der Waals surface area (Å²) < 4.78 is 0. The molecule has 0 saturated carbocycles. The van der Waals surface area contributed by atoms with Gasteiger partial charge >= 0.3 is 0 Å². The van der Waals surface area contributed by atoms with E-state index >= 15 is 0 Å². The first-order chi connectivity index (χ1) is 6.93. The molecule has 0 amide bonds. The van der Waals surface area contributed by atoms with Gasteiger partial charge < -0.3 is 21.1 Å². The molecule has 4 heteroatoms. The van der Waals surface area contributed by atoms with Crippen LogP contribution in [-0.4, -0.2) is 15.3 Å². The summed E-state index contributed by atoms with van der Waals surface area (Å²) in [4.78, 5) is 0. The molecule has 0 fully saturated rings. The minimum Gasteiger partial charge on any atom is -0.504 e. The van der Waals surface area contributed by atoms with Crippen molar-refractivity contribution in [3.63, 3.8) is 0 Å². The average Bonchev–Trinajstić information content (AvgIpc) is 2.13.